The molecule has 2 atom stereocenters. The van der Waals surface area contributed by atoms with E-state index >= 15 is 0 Å². The second-order valence-electron chi connectivity index (χ2n) is 6.45. The van der Waals surface area contributed by atoms with Crippen LogP contribution >= 0.6 is 11.6 Å². The Bertz CT molecular complexity index is 560. The summed E-state index contributed by atoms with van der Waals surface area (Å²) in [4.78, 5) is 14.7. The van der Waals surface area contributed by atoms with Crippen LogP contribution in [-0.2, 0) is 14.3 Å². The Kier molecular flexibility index (Phi) is 7.07. The molecule has 2 fully saturated rings. The predicted octanol–water partition coefficient (Wildman–Crippen LogP) is 1.21. The molecule has 2 N–H and O–H groups in total. The van der Waals surface area contributed by atoms with Gasteiger partial charge in [0.1, 0.15) is 0 Å². The van der Waals surface area contributed by atoms with Gasteiger partial charge in [0.15, 0.2) is 0 Å². The van der Waals surface area contributed by atoms with Gasteiger partial charge in [-0.05, 0) is 17.7 Å². The lowest BCUT2D eigenvalue weighted by Gasteiger charge is -2.35. The minimum absolute atomic E-state index is 0.0447. The molecule has 6 nitrogen and oxygen atoms in total. The van der Waals surface area contributed by atoms with Crippen LogP contribution in [0.3, 0.4) is 0 Å². The summed E-state index contributed by atoms with van der Waals surface area (Å²) in [7, 11) is 0. The van der Waals surface area contributed by atoms with E-state index in [9.17, 15) is 4.79 Å². The Labute approximate surface area is 153 Å². The monoisotopic (exact) mass is 367 g/mol. The van der Waals surface area contributed by atoms with Crippen molar-refractivity contribution in [3.63, 3.8) is 0 Å². The van der Waals surface area contributed by atoms with E-state index in [1.54, 1.807) is 0 Å². The first kappa shape index (κ1) is 18.6. The van der Waals surface area contributed by atoms with Crippen molar-refractivity contribution in [2.75, 3.05) is 52.6 Å². The summed E-state index contributed by atoms with van der Waals surface area (Å²) < 4.78 is 10.9. The van der Waals surface area contributed by atoms with Gasteiger partial charge in [-0.2, -0.15) is 0 Å². The fourth-order valence-electron chi connectivity index (χ4n) is 3.32. The highest BCUT2D eigenvalue weighted by atomic mass is 35.5. The summed E-state index contributed by atoms with van der Waals surface area (Å²) >= 11 is 6.17. The molecule has 1 aromatic carbocycles. The molecule has 2 aliphatic rings. The van der Waals surface area contributed by atoms with Gasteiger partial charge in [0, 0.05) is 43.7 Å². The highest BCUT2D eigenvalue weighted by Gasteiger charge is 2.24. The number of nitrogens with zero attached hydrogens (tertiary/aromatic N) is 1. The summed E-state index contributed by atoms with van der Waals surface area (Å²) in [5.41, 5.74) is 1.12. The number of nitrogens with one attached hydrogen (secondary N) is 2. The van der Waals surface area contributed by atoms with E-state index in [0.29, 0.717) is 44.4 Å². The third kappa shape index (κ3) is 5.66. The summed E-state index contributed by atoms with van der Waals surface area (Å²) in [6.45, 7) is 5.81. The number of rotatable bonds is 6. The van der Waals surface area contributed by atoms with Crippen molar-refractivity contribution in [2.24, 2.45) is 0 Å². The van der Waals surface area contributed by atoms with Crippen molar-refractivity contribution in [3.05, 3.63) is 34.9 Å². The minimum Gasteiger partial charge on any atom is -0.379 e. The lowest BCUT2D eigenvalue weighted by atomic mass is 10.0. The van der Waals surface area contributed by atoms with Crippen LogP contribution in [0.2, 0.25) is 5.02 Å². The maximum atomic E-state index is 12.3. The molecule has 0 aliphatic carbocycles. The largest absolute Gasteiger partial charge is 0.379 e. The van der Waals surface area contributed by atoms with Gasteiger partial charge in [0.25, 0.3) is 0 Å². The number of amides is 1. The maximum absolute atomic E-state index is 12.3. The first-order valence-electron chi connectivity index (χ1n) is 8.87. The minimum atomic E-state index is 0.0447. The Hall–Kier alpha value is -1.18. The van der Waals surface area contributed by atoms with Gasteiger partial charge < -0.3 is 20.1 Å². The Morgan fingerprint density at radius 2 is 2.16 bits per heavy atom. The van der Waals surface area contributed by atoms with Gasteiger partial charge in [0.2, 0.25) is 5.91 Å². The molecule has 25 heavy (non-hydrogen) atoms. The first-order chi connectivity index (χ1) is 12.2. The molecule has 2 heterocycles. The van der Waals surface area contributed by atoms with E-state index in [0.717, 1.165) is 25.2 Å². The molecular formula is C18H26ClN3O3. The average molecular weight is 368 g/mol. The van der Waals surface area contributed by atoms with Gasteiger partial charge in [0.05, 0.1) is 32.5 Å². The van der Waals surface area contributed by atoms with Gasteiger partial charge in [-0.3, -0.25) is 9.69 Å². The number of carbonyl (C=O) groups is 1. The third-order valence-corrected chi connectivity index (χ3v) is 4.88. The average Bonchev–Trinajstić information content (AvgIpc) is 2.64. The zero-order valence-electron chi connectivity index (χ0n) is 14.4. The van der Waals surface area contributed by atoms with Crippen molar-refractivity contribution in [2.45, 2.75) is 18.5 Å². The summed E-state index contributed by atoms with van der Waals surface area (Å²) in [5.74, 6) is 0.0447. The number of carbonyl (C=O) groups excluding carboxylic acids is 1. The Morgan fingerprint density at radius 1 is 1.32 bits per heavy atom. The molecule has 3 rings (SSSR count). The first-order valence-corrected chi connectivity index (χ1v) is 9.25. The fourth-order valence-corrected chi connectivity index (χ4v) is 3.52. The predicted molar refractivity (Wildman–Crippen MR) is 96.8 cm³/mol. The van der Waals surface area contributed by atoms with Crippen LogP contribution in [0.4, 0.5) is 0 Å². The van der Waals surface area contributed by atoms with Crippen molar-refractivity contribution >= 4 is 17.5 Å². The normalized spacial score (nSPS) is 23.2. The fraction of sp³-hybridized carbons (Fsp3) is 0.611. The zero-order chi connectivity index (χ0) is 17.5. The Morgan fingerprint density at radius 3 is 2.88 bits per heavy atom. The van der Waals surface area contributed by atoms with Crippen LogP contribution < -0.4 is 10.6 Å². The molecule has 7 heteroatoms. The number of morpholine rings is 2. The lowest BCUT2D eigenvalue weighted by Crippen LogP contribution is -2.46. The van der Waals surface area contributed by atoms with Crippen molar-refractivity contribution in [1.29, 1.82) is 0 Å². The molecular weight excluding hydrogens is 342 g/mol. The number of ether oxygens (including phenoxy) is 2. The standard InChI is InChI=1S/C18H26ClN3O3/c19-15-3-1-2-14(10-15)17(22-5-8-24-9-6-22)12-21-18(23)11-16-13-25-7-4-20-16/h1-3,10,16-17,20H,4-9,11-13H2,(H,21,23). The lowest BCUT2D eigenvalue weighted by molar-refractivity contribution is -0.122. The van der Waals surface area contributed by atoms with Gasteiger partial charge in [-0.25, -0.2) is 0 Å². The van der Waals surface area contributed by atoms with Gasteiger partial charge in [-0.15, -0.1) is 0 Å². The smallest absolute Gasteiger partial charge is 0.221 e. The highest BCUT2D eigenvalue weighted by Crippen LogP contribution is 2.24. The van der Waals surface area contributed by atoms with Crippen molar-refractivity contribution < 1.29 is 14.3 Å². The van der Waals surface area contributed by atoms with Gasteiger partial charge >= 0.3 is 0 Å². The number of benzene rings is 1. The molecule has 0 radical (unpaired) electrons. The molecule has 138 valence electrons. The van der Waals surface area contributed by atoms with Gasteiger partial charge in [-0.1, -0.05) is 23.7 Å². The molecule has 0 bridgehead atoms. The number of hydrogen-bond acceptors (Lipinski definition) is 5. The van der Waals surface area contributed by atoms with Crippen LogP contribution in [0.5, 0.6) is 0 Å². The topological polar surface area (TPSA) is 62.8 Å². The molecule has 0 spiro atoms. The summed E-state index contributed by atoms with van der Waals surface area (Å²) in [6, 6.07) is 8.06. The van der Waals surface area contributed by atoms with E-state index < -0.39 is 0 Å². The van der Waals surface area contributed by atoms with Crippen LogP contribution in [0.25, 0.3) is 0 Å². The molecule has 0 aromatic heterocycles. The highest BCUT2D eigenvalue weighted by molar-refractivity contribution is 6.30. The maximum Gasteiger partial charge on any atom is 0.221 e. The summed E-state index contributed by atoms with van der Waals surface area (Å²) in [6.07, 6.45) is 0.436. The molecule has 2 unspecified atom stereocenters. The van der Waals surface area contributed by atoms with Crippen molar-refractivity contribution in [1.82, 2.24) is 15.5 Å². The Balaban J connectivity index is 1.59. The quantitative estimate of drug-likeness (QED) is 0.791. The SMILES string of the molecule is O=C(CC1COCCN1)NCC(c1cccc(Cl)c1)N1CCOCC1. The molecule has 2 saturated heterocycles. The molecule has 0 saturated carbocycles. The second-order valence-corrected chi connectivity index (χ2v) is 6.89. The number of hydrogen-bond donors (Lipinski definition) is 2. The third-order valence-electron chi connectivity index (χ3n) is 4.64. The van der Waals surface area contributed by atoms with Crippen molar-refractivity contribution in [3.8, 4) is 0 Å². The van der Waals surface area contributed by atoms with E-state index in [-0.39, 0.29) is 18.0 Å². The van der Waals surface area contributed by atoms with E-state index in [4.69, 9.17) is 21.1 Å². The molecule has 1 aromatic rings. The summed E-state index contributed by atoms with van der Waals surface area (Å²) in [5, 5.41) is 7.11. The molecule has 2 aliphatic heterocycles. The van der Waals surface area contributed by atoms with E-state index in [2.05, 4.69) is 21.6 Å². The van der Waals surface area contributed by atoms with E-state index in [1.165, 1.54) is 0 Å². The number of halogens is 1. The van der Waals surface area contributed by atoms with Crippen LogP contribution in [0, 0.1) is 0 Å². The van der Waals surface area contributed by atoms with Crippen LogP contribution in [0.15, 0.2) is 24.3 Å². The zero-order valence-corrected chi connectivity index (χ0v) is 15.1. The van der Waals surface area contributed by atoms with Crippen LogP contribution in [-0.4, -0.2) is 69.5 Å². The van der Waals surface area contributed by atoms with Crippen LogP contribution in [0.1, 0.15) is 18.0 Å². The molecule has 1 amide bonds. The second kappa shape index (κ2) is 9.50. The van der Waals surface area contributed by atoms with E-state index in [1.807, 2.05) is 18.2 Å².